The van der Waals surface area contributed by atoms with Gasteiger partial charge in [-0.15, -0.1) is 0 Å². The molecule has 1 heterocycles. The van der Waals surface area contributed by atoms with Crippen molar-refractivity contribution in [3.05, 3.63) is 47.2 Å². The molecule has 0 saturated carbocycles. The van der Waals surface area contributed by atoms with Crippen molar-refractivity contribution in [1.29, 1.82) is 0 Å². The Hall–Kier alpha value is -1.85. The van der Waals surface area contributed by atoms with Gasteiger partial charge >= 0.3 is 0 Å². The third-order valence-corrected chi connectivity index (χ3v) is 3.83. The lowest BCUT2D eigenvalue weighted by Crippen LogP contribution is -2.31. The minimum Gasteiger partial charge on any atom is -0.459 e. The highest BCUT2D eigenvalue weighted by atomic mass is 16.7. The van der Waals surface area contributed by atoms with Crippen LogP contribution < -0.4 is 5.73 Å². The fourth-order valence-electron chi connectivity index (χ4n) is 2.35. The fourth-order valence-corrected chi connectivity index (χ4v) is 2.35. The van der Waals surface area contributed by atoms with E-state index in [2.05, 4.69) is 13.8 Å². The summed E-state index contributed by atoms with van der Waals surface area (Å²) >= 11 is 0. The molecule has 2 rings (SSSR count). The fraction of sp³-hybridized carbons (Fsp3) is 0.471. The first kappa shape index (κ1) is 16.5. The molecule has 1 amide bonds. The molecule has 120 valence electrons. The molecule has 0 unspecified atom stereocenters. The number of hydrogen-bond donors (Lipinski definition) is 2. The first-order valence-electron chi connectivity index (χ1n) is 7.48. The van der Waals surface area contributed by atoms with Crippen molar-refractivity contribution in [2.24, 2.45) is 17.6 Å². The van der Waals surface area contributed by atoms with E-state index in [-0.39, 0.29) is 18.3 Å². The Labute approximate surface area is 130 Å². The van der Waals surface area contributed by atoms with E-state index in [0.717, 1.165) is 11.1 Å². The van der Waals surface area contributed by atoms with Crippen LogP contribution in [-0.4, -0.2) is 17.3 Å². The van der Waals surface area contributed by atoms with Gasteiger partial charge in [0.05, 0.1) is 13.2 Å². The molecule has 0 radical (unpaired) electrons. The Morgan fingerprint density at radius 2 is 2.00 bits per heavy atom. The number of carbonyl (C=O) groups is 1. The van der Waals surface area contributed by atoms with Crippen LogP contribution in [0.3, 0.4) is 0 Å². The summed E-state index contributed by atoms with van der Waals surface area (Å²) in [7, 11) is 0. The molecule has 0 aliphatic carbocycles. The lowest BCUT2D eigenvalue weighted by molar-refractivity contribution is -0.153. The van der Waals surface area contributed by atoms with E-state index in [0.29, 0.717) is 18.9 Å². The zero-order valence-electron chi connectivity index (χ0n) is 13.0. The van der Waals surface area contributed by atoms with E-state index in [4.69, 9.17) is 20.3 Å². The monoisotopic (exact) mass is 305 g/mol. The van der Waals surface area contributed by atoms with E-state index < -0.39 is 12.2 Å². The van der Waals surface area contributed by atoms with Crippen molar-refractivity contribution in [3.8, 4) is 0 Å². The molecule has 0 fully saturated rings. The number of benzene rings is 1. The highest BCUT2D eigenvalue weighted by molar-refractivity contribution is 5.90. The molecule has 1 aliphatic rings. The van der Waals surface area contributed by atoms with E-state index in [1.165, 1.54) is 0 Å². The van der Waals surface area contributed by atoms with Crippen LogP contribution in [0.5, 0.6) is 0 Å². The summed E-state index contributed by atoms with van der Waals surface area (Å²) in [4.78, 5) is 11.4. The average Bonchev–Trinajstić information content (AvgIpc) is 2.53. The molecule has 1 aliphatic heterocycles. The molecule has 2 atom stereocenters. The van der Waals surface area contributed by atoms with E-state index in [1.807, 2.05) is 24.3 Å². The number of amides is 1. The van der Waals surface area contributed by atoms with E-state index in [1.54, 1.807) is 6.08 Å². The van der Waals surface area contributed by atoms with Crippen LogP contribution in [0.1, 0.15) is 31.4 Å². The van der Waals surface area contributed by atoms with Crippen molar-refractivity contribution in [2.45, 2.75) is 39.8 Å². The van der Waals surface area contributed by atoms with Crippen LogP contribution in [0.25, 0.3) is 0 Å². The summed E-state index contributed by atoms with van der Waals surface area (Å²) in [6, 6.07) is 7.51. The molecular weight excluding hydrogens is 282 g/mol. The molecule has 0 aromatic heterocycles. The molecule has 1 aromatic rings. The zero-order chi connectivity index (χ0) is 16.1. The quantitative estimate of drug-likeness (QED) is 0.843. The number of aliphatic hydroxyl groups excluding tert-OH is 1. The molecule has 5 nitrogen and oxygen atoms in total. The van der Waals surface area contributed by atoms with Crippen molar-refractivity contribution < 1.29 is 19.4 Å². The van der Waals surface area contributed by atoms with Crippen LogP contribution >= 0.6 is 0 Å². The van der Waals surface area contributed by atoms with Gasteiger partial charge in [-0.25, -0.2) is 0 Å². The molecular formula is C17H23NO4. The number of hydrogen-bond acceptors (Lipinski definition) is 4. The largest absolute Gasteiger partial charge is 0.459 e. The lowest BCUT2D eigenvalue weighted by atomic mass is 9.90. The third kappa shape index (κ3) is 4.32. The molecule has 22 heavy (non-hydrogen) atoms. The van der Waals surface area contributed by atoms with Gasteiger partial charge in [-0.3, -0.25) is 4.79 Å². The van der Waals surface area contributed by atoms with E-state index in [9.17, 15) is 4.79 Å². The van der Waals surface area contributed by atoms with Crippen molar-refractivity contribution >= 4 is 5.91 Å². The van der Waals surface area contributed by atoms with Gasteiger partial charge in [-0.1, -0.05) is 38.1 Å². The molecule has 5 heteroatoms. The summed E-state index contributed by atoms with van der Waals surface area (Å²) < 4.78 is 11.3. The maximum Gasteiger partial charge on any atom is 0.283 e. The van der Waals surface area contributed by atoms with Gasteiger partial charge < -0.3 is 20.3 Å². The van der Waals surface area contributed by atoms with Crippen LogP contribution in [-0.2, 0) is 27.5 Å². The standard InChI is InChI=1S/C17H23NO4/c1-11(2)14-7-15(17(18)20)22-16(8-14)21-10-13-5-3-12(9-19)4-6-13/h3-7,11,14,16,19H,8-10H2,1-2H3,(H2,18,20)/t14-,16+/m0/s1. The minimum atomic E-state index is -0.564. The summed E-state index contributed by atoms with van der Waals surface area (Å²) in [5.41, 5.74) is 7.16. The second-order valence-electron chi connectivity index (χ2n) is 5.87. The lowest BCUT2D eigenvalue weighted by Gasteiger charge is -2.30. The number of aliphatic hydroxyl groups is 1. The number of allylic oxidation sites excluding steroid dienone is 1. The van der Waals surface area contributed by atoms with Crippen LogP contribution in [0.2, 0.25) is 0 Å². The number of nitrogens with two attached hydrogens (primary N) is 1. The maximum absolute atomic E-state index is 11.4. The Balaban J connectivity index is 1.97. The highest BCUT2D eigenvalue weighted by Crippen LogP contribution is 2.28. The zero-order valence-corrected chi connectivity index (χ0v) is 13.0. The van der Waals surface area contributed by atoms with Crippen LogP contribution in [0.15, 0.2) is 36.1 Å². The second-order valence-corrected chi connectivity index (χ2v) is 5.87. The van der Waals surface area contributed by atoms with Gasteiger partial charge in [0.1, 0.15) is 0 Å². The van der Waals surface area contributed by atoms with Crippen molar-refractivity contribution in [1.82, 2.24) is 0 Å². The second kappa shape index (κ2) is 7.42. The normalized spacial score (nSPS) is 21.4. The molecule has 0 spiro atoms. The van der Waals surface area contributed by atoms with Gasteiger partial charge in [0.25, 0.3) is 5.91 Å². The first-order chi connectivity index (χ1) is 10.5. The molecule has 1 aromatic carbocycles. The Morgan fingerprint density at radius 1 is 1.36 bits per heavy atom. The molecule has 0 bridgehead atoms. The predicted molar refractivity (Wildman–Crippen MR) is 82.2 cm³/mol. The van der Waals surface area contributed by atoms with Crippen LogP contribution in [0.4, 0.5) is 0 Å². The van der Waals surface area contributed by atoms with Gasteiger partial charge in [0.2, 0.25) is 6.29 Å². The SMILES string of the molecule is CC(C)[C@H]1C=C(C(N)=O)O[C@@H](OCc2ccc(CO)cc2)C1. The number of carbonyl (C=O) groups excluding carboxylic acids is 1. The summed E-state index contributed by atoms with van der Waals surface area (Å²) in [5, 5.41) is 9.02. The summed E-state index contributed by atoms with van der Waals surface area (Å²) in [6.45, 7) is 4.59. The number of primary amides is 1. The molecule has 0 saturated heterocycles. The third-order valence-electron chi connectivity index (χ3n) is 3.83. The van der Waals surface area contributed by atoms with Gasteiger partial charge in [-0.05, 0) is 29.0 Å². The van der Waals surface area contributed by atoms with Crippen molar-refractivity contribution in [2.75, 3.05) is 0 Å². The van der Waals surface area contributed by atoms with Crippen LogP contribution in [0, 0.1) is 11.8 Å². The van der Waals surface area contributed by atoms with E-state index >= 15 is 0 Å². The summed E-state index contributed by atoms with van der Waals surface area (Å²) in [5.74, 6) is 0.211. The Kier molecular flexibility index (Phi) is 5.57. The number of ether oxygens (including phenoxy) is 2. The van der Waals surface area contributed by atoms with Crippen molar-refractivity contribution in [3.63, 3.8) is 0 Å². The average molecular weight is 305 g/mol. The Morgan fingerprint density at radius 3 is 2.55 bits per heavy atom. The topological polar surface area (TPSA) is 81.8 Å². The molecule has 3 N–H and O–H groups in total. The maximum atomic E-state index is 11.4. The smallest absolute Gasteiger partial charge is 0.283 e. The summed E-state index contributed by atoms with van der Waals surface area (Å²) in [6.07, 6.45) is 2.02. The minimum absolute atomic E-state index is 0.0235. The van der Waals surface area contributed by atoms with Gasteiger partial charge in [0, 0.05) is 6.42 Å². The predicted octanol–water partition coefficient (Wildman–Crippen LogP) is 2.08. The Bertz CT molecular complexity index is 536. The van der Waals surface area contributed by atoms with Gasteiger partial charge in [-0.2, -0.15) is 0 Å². The van der Waals surface area contributed by atoms with Gasteiger partial charge in [0.15, 0.2) is 5.76 Å². The first-order valence-corrected chi connectivity index (χ1v) is 7.48. The number of rotatable bonds is 6. The highest BCUT2D eigenvalue weighted by Gasteiger charge is 2.28.